The van der Waals surface area contributed by atoms with Crippen molar-refractivity contribution in [2.24, 2.45) is 5.73 Å². The zero-order valence-corrected chi connectivity index (χ0v) is 11.6. The molecule has 0 bridgehead atoms. The zero-order valence-electron chi connectivity index (χ0n) is 11.6. The molecule has 0 amide bonds. The van der Waals surface area contributed by atoms with Crippen molar-refractivity contribution < 1.29 is 0 Å². The second kappa shape index (κ2) is 6.19. The summed E-state index contributed by atoms with van der Waals surface area (Å²) in [6.07, 6.45) is 8.31. The first-order valence-corrected chi connectivity index (χ1v) is 7.24. The molecular weight excluding hydrogens is 222 g/mol. The van der Waals surface area contributed by atoms with Crippen molar-refractivity contribution >= 4 is 5.69 Å². The molecule has 0 radical (unpaired) electrons. The quantitative estimate of drug-likeness (QED) is 0.868. The smallest absolute Gasteiger partial charge is 0.0572 e. The highest BCUT2D eigenvalue weighted by molar-refractivity contribution is 5.46. The lowest BCUT2D eigenvalue weighted by Crippen LogP contribution is -2.33. The zero-order chi connectivity index (χ0) is 13.0. The topological polar surface area (TPSA) is 42.1 Å². The Morgan fingerprint density at radius 1 is 1.33 bits per heavy atom. The standard InChI is InChI=1S/C15H25N3/c1-3-14(16)15-10-9-13(11-17-15)18(4-2)12-7-5-6-8-12/h9-12,14H,3-8,16H2,1-2H3. The lowest BCUT2D eigenvalue weighted by molar-refractivity contribution is 0.617. The van der Waals surface area contributed by atoms with Crippen LogP contribution < -0.4 is 10.6 Å². The number of rotatable bonds is 5. The molecule has 1 aliphatic rings. The molecule has 1 aromatic heterocycles. The summed E-state index contributed by atoms with van der Waals surface area (Å²) >= 11 is 0. The van der Waals surface area contributed by atoms with Crippen LogP contribution in [0.1, 0.15) is 57.7 Å². The molecule has 1 atom stereocenters. The molecule has 0 aliphatic heterocycles. The van der Waals surface area contributed by atoms with Crippen LogP contribution in [-0.2, 0) is 0 Å². The lowest BCUT2D eigenvalue weighted by atomic mass is 10.1. The van der Waals surface area contributed by atoms with Crippen LogP contribution >= 0.6 is 0 Å². The second-order valence-electron chi connectivity index (χ2n) is 5.18. The third-order valence-electron chi connectivity index (χ3n) is 4.03. The highest BCUT2D eigenvalue weighted by Gasteiger charge is 2.21. The monoisotopic (exact) mass is 247 g/mol. The van der Waals surface area contributed by atoms with Crippen LogP contribution in [0.15, 0.2) is 18.3 Å². The van der Waals surface area contributed by atoms with E-state index in [1.165, 1.54) is 31.4 Å². The van der Waals surface area contributed by atoms with Gasteiger partial charge in [-0.15, -0.1) is 0 Å². The Morgan fingerprint density at radius 2 is 2.06 bits per heavy atom. The number of hydrogen-bond acceptors (Lipinski definition) is 3. The molecule has 0 aromatic carbocycles. The van der Waals surface area contributed by atoms with Gasteiger partial charge in [0.1, 0.15) is 0 Å². The summed E-state index contributed by atoms with van der Waals surface area (Å²) in [4.78, 5) is 7.01. The molecule has 2 rings (SSSR count). The summed E-state index contributed by atoms with van der Waals surface area (Å²) < 4.78 is 0. The molecule has 1 aliphatic carbocycles. The average Bonchev–Trinajstić information content (AvgIpc) is 2.93. The van der Waals surface area contributed by atoms with Crippen LogP contribution in [-0.4, -0.2) is 17.6 Å². The Kier molecular flexibility index (Phi) is 4.59. The Balaban J connectivity index is 2.11. The maximum absolute atomic E-state index is 6.00. The van der Waals surface area contributed by atoms with Crippen molar-refractivity contribution in [1.29, 1.82) is 0 Å². The number of nitrogens with zero attached hydrogens (tertiary/aromatic N) is 2. The van der Waals surface area contributed by atoms with Crippen LogP contribution in [0.4, 0.5) is 5.69 Å². The summed E-state index contributed by atoms with van der Waals surface area (Å²) in [5, 5.41) is 0. The molecule has 3 heteroatoms. The van der Waals surface area contributed by atoms with E-state index in [-0.39, 0.29) is 6.04 Å². The first kappa shape index (κ1) is 13.3. The molecule has 1 unspecified atom stereocenters. The normalized spacial score (nSPS) is 17.9. The molecule has 3 nitrogen and oxygen atoms in total. The Morgan fingerprint density at radius 3 is 2.56 bits per heavy atom. The van der Waals surface area contributed by atoms with Gasteiger partial charge in [-0.2, -0.15) is 0 Å². The van der Waals surface area contributed by atoms with E-state index in [1.54, 1.807) is 0 Å². The summed E-state index contributed by atoms with van der Waals surface area (Å²) in [5.41, 5.74) is 8.25. The van der Waals surface area contributed by atoms with Gasteiger partial charge in [-0.3, -0.25) is 4.98 Å². The van der Waals surface area contributed by atoms with Crippen molar-refractivity contribution in [3.05, 3.63) is 24.0 Å². The van der Waals surface area contributed by atoms with E-state index in [1.807, 2.05) is 6.20 Å². The van der Waals surface area contributed by atoms with Crippen LogP contribution in [0, 0.1) is 0 Å². The van der Waals surface area contributed by atoms with E-state index >= 15 is 0 Å². The minimum Gasteiger partial charge on any atom is -0.368 e. The largest absolute Gasteiger partial charge is 0.368 e. The van der Waals surface area contributed by atoms with E-state index in [4.69, 9.17) is 5.73 Å². The van der Waals surface area contributed by atoms with Crippen molar-refractivity contribution in [3.8, 4) is 0 Å². The molecule has 1 saturated carbocycles. The van der Waals surface area contributed by atoms with Crippen LogP contribution in [0.25, 0.3) is 0 Å². The summed E-state index contributed by atoms with van der Waals surface area (Å²) in [5.74, 6) is 0. The maximum Gasteiger partial charge on any atom is 0.0572 e. The molecule has 0 saturated heterocycles. The maximum atomic E-state index is 6.00. The Bertz CT molecular complexity index is 355. The third kappa shape index (κ3) is 2.83. The van der Waals surface area contributed by atoms with Gasteiger partial charge in [-0.05, 0) is 38.3 Å². The summed E-state index contributed by atoms with van der Waals surface area (Å²) in [7, 11) is 0. The van der Waals surface area contributed by atoms with E-state index in [0.717, 1.165) is 18.7 Å². The molecule has 1 heterocycles. The fourth-order valence-electron chi connectivity index (χ4n) is 2.86. The van der Waals surface area contributed by atoms with E-state index in [0.29, 0.717) is 6.04 Å². The predicted molar refractivity (Wildman–Crippen MR) is 76.7 cm³/mol. The molecule has 2 N–H and O–H groups in total. The fraction of sp³-hybridized carbons (Fsp3) is 0.667. The molecule has 1 fully saturated rings. The Hall–Kier alpha value is -1.09. The number of pyridine rings is 1. The van der Waals surface area contributed by atoms with E-state index in [2.05, 4.69) is 35.9 Å². The van der Waals surface area contributed by atoms with Gasteiger partial charge in [-0.25, -0.2) is 0 Å². The van der Waals surface area contributed by atoms with Crippen LogP contribution in [0.3, 0.4) is 0 Å². The number of anilines is 1. The van der Waals surface area contributed by atoms with Crippen molar-refractivity contribution in [2.45, 2.75) is 58.0 Å². The average molecular weight is 247 g/mol. The van der Waals surface area contributed by atoms with Gasteiger partial charge in [0.2, 0.25) is 0 Å². The number of hydrogen-bond donors (Lipinski definition) is 1. The molecule has 18 heavy (non-hydrogen) atoms. The van der Waals surface area contributed by atoms with Crippen LogP contribution in [0.2, 0.25) is 0 Å². The van der Waals surface area contributed by atoms with E-state index < -0.39 is 0 Å². The minimum absolute atomic E-state index is 0.0700. The van der Waals surface area contributed by atoms with Gasteiger partial charge in [0, 0.05) is 18.6 Å². The number of nitrogens with two attached hydrogens (primary N) is 1. The molecular formula is C15H25N3. The van der Waals surface area contributed by atoms with E-state index in [9.17, 15) is 0 Å². The minimum atomic E-state index is 0.0700. The predicted octanol–water partition coefficient (Wildman–Crippen LogP) is 3.26. The lowest BCUT2D eigenvalue weighted by Gasteiger charge is -2.29. The summed E-state index contributed by atoms with van der Waals surface area (Å²) in [6, 6.07) is 5.05. The van der Waals surface area contributed by atoms with Gasteiger partial charge >= 0.3 is 0 Å². The van der Waals surface area contributed by atoms with Crippen molar-refractivity contribution in [2.75, 3.05) is 11.4 Å². The van der Waals surface area contributed by atoms with Crippen LogP contribution in [0.5, 0.6) is 0 Å². The first-order chi connectivity index (χ1) is 8.76. The molecule has 1 aromatic rings. The van der Waals surface area contributed by atoms with Gasteiger partial charge in [0.25, 0.3) is 0 Å². The molecule has 0 spiro atoms. The van der Waals surface area contributed by atoms with Gasteiger partial charge in [0.15, 0.2) is 0 Å². The van der Waals surface area contributed by atoms with Gasteiger partial charge in [-0.1, -0.05) is 19.8 Å². The van der Waals surface area contributed by atoms with Gasteiger partial charge < -0.3 is 10.6 Å². The molecule has 100 valence electrons. The number of aromatic nitrogens is 1. The second-order valence-corrected chi connectivity index (χ2v) is 5.18. The SMILES string of the molecule is CCC(N)c1ccc(N(CC)C2CCCC2)cn1. The summed E-state index contributed by atoms with van der Waals surface area (Å²) in [6.45, 7) is 5.38. The first-order valence-electron chi connectivity index (χ1n) is 7.24. The highest BCUT2D eigenvalue weighted by Crippen LogP contribution is 2.28. The van der Waals surface area contributed by atoms with Gasteiger partial charge in [0.05, 0.1) is 17.6 Å². The fourth-order valence-corrected chi connectivity index (χ4v) is 2.86. The van der Waals surface area contributed by atoms with Crippen molar-refractivity contribution in [1.82, 2.24) is 4.98 Å². The van der Waals surface area contributed by atoms with Crippen molar-refractivity contribution in [3.63, 3.8) is 0 Å². The third-order valence-corrected chi connectivity index (χ3v) is 4.03. The Labute approximate surface area is 110 Å². The highest BCUT2D eigenvalue weighted by atomic mass is 15.2.